The second kappa shape index (κ2) is 6.79. The summed E-state index contributed by atoms with van der Waals surface area (Å²) in [6.45, 7) is 4.82. The van der Waals surface area contributed by atoms with E-state index in [-0.39, 0.29) is 11.6 Å². The number of nitro benzene ring substituents is 1. The Morgan fingerprint density at radius 2 is 2.11 bits per heavy atom. The summed E-state index contributed by atoms with van der Waals surface area (Å²) in [5.74, 6) is -1.33. The molecule has 0 atom stereocenters. The molecule has 0 aliphatic carbocycles. The highest BCUT2D eigenvalue weighted by molar-refractivity contribution is 5.98. The second-order valence-electron chi connectivity index (χ2n) is 4.28. The van der Waals surface area contributed by atoms with Gasteiger partial charge in [0.15, 0.2) is 0 Å². The van der Waals surface area contributed by atoms with E-state index in [0.29, 0.717) is 13.1 Å². The highest BCUT2D eigenvalue weighted by atomic mass is 19.1. The van der Waals surface area contributed by atoms with Gasteiger partial charge in [-0.15, -0.1) is 0 Å². The standard InChI is InChI=1S/C12H16FN3O3/c1-8(2)14-5-6-15-12(17)10-4-3-9(13)7-11(10)16(18)19/h3-4,7-8,14H,5-6H2,1-2H3,(H,15,17). The Labute approximate surface area is 110 Å². The molecule has 0 heterocycles. The van der Waals surface area contributed by atoms with Gasteiger partial charge in [0.05, 0.1) is 11.0 Å². The van der Waals surface area contributed by atoms with Crippen LogP contribution in [0, 0.1) is 15.9 Å². The molecule has 104 valence electrons. The van der Waals surface area contributed by atoms with Crippen molar-refractivity contribution in [1.82, 2.24) is 10.6 Å². The number of halogens is 1. The van der Waals surface area contributed by atoms with Crippen LogP contribution in [0.2, 0.25) is 0 Å². The molecule has 1 aromatic carbocycles. The summed E-state index contributed by atoms with van der Waals surface area (Å²) in [4.78, 5) is 21.7. The topological polar surface area (TPSA) is 84.3 Å². The maximum absolute atomic E-state index is 12.9. The van der Waals surface area contributed by atoms with Gasteiger partial charge in [-0.2, -0.15) is 0 Å². The Morgan fingerprint density at radius 3 is 2.68 bits per heavy atom. The average molecular weight is 269 g/mol. The van der Waals surface area contributed by atoms with Crippen LogP contribution in [0.25, 0.3) is 0 Å². The van der Waals surface area contributed by atoms with Crippen molar-refractivity contribution in [3.8, 4) is 0 Å². The Hall–Kier alpha value is -2.02. The van der Waals surface area contributed by atoms with Crippen molar-refractivity contribution in [1.29, 1.82) is 0 Å². The van der Waals surface area contributed by atoms with Gasteiger partial charge in [0.1, 0.15) is 11.4 Å². The van der Waals surface area contributed by atoms with Gasteiger partial charge in [0.25, 0.3) is 11.6 Å². The van der Waals surface area contributed by atoms with E-state index in [1.165, 1.54) is 0 Å². The van der Waals surface area contributed by atoms with Crippen LogP contribution >= 0.6 is 0 Å². The van der Waals surface area contributed by atoms with E-state index in [2.05, 4.69) is 10.6 Å². The molecular weight excluding hydrogens is 253 g/mol. The quantitative estimate of drug-likeness (QED) is 0.465. The number of rotatable bonds is 6. The van der Waals surface area contributed by atoms with E-state index in [1.807, 2.05) is 13.8 Å². The molecule has 0 bridgehead atoms. The Morgan fingerprint density at radius 1 is 1.42 bits per heavy atom. The van der Waals surface area contributed by atoms with Crippen molar-refractivity contribution in [3.05, 3.63) is 39.7 Å². The minimum atomic E-state index is -0.773. The molecule has 0 saturated carbocycles. The molecule has 0 aliphatic heterocycles. The second-order valence-corrected chi connectivity index (χ2v) is 4.28. The minimum absolute atomic E-state index is 0.143. The van der Waals surface area contributed by atoms with Crippen LogP contribution in [0.4, 0.5) is 10.1 Å². The van der Waals surface area contributed by atoms with Crippen LogP contribution in [0.15, 0.2) is 18.2 Å². The molecule has 0 aromatic heterocycles. The molecule has 1 aromatic rings. The first-order chi connectivity index (χ1) is 8.91. The summed E-state index contributed by atoms with van der Waals surface area (Å²) in [5.41, 5.74) is -0.676. The third kappa shape index (κ3) is 4.63. The predicted molar refractivity (Wildman–Crippen MR) is 68.5 cm³/mol. The fourth-order valence-electron chi connectivity index (χ4n) is 1.48. The largest absolute Gasteiger partial charge is 0.351 e. The maximum Gasteiger partial charge on any atom is 0.285 e. The number of carbonyl (C=O) groups is 1. The number of nitrogens with zero attached hydrogens (tertiary/aromatic N) is 1. The molecule has 0 aliphatic rings. The molecule has 7 heteroatoms. The number of amides is 1. The van der Waals surface area contributed by atoms with Gasteiger partial charge in [-0.1, -0.05) is 13.8 Å². The Balaban J connectivity index is 2.69. The lowest BCUT2D eigenvalue weighted by Crippen LogP contribution is -2.34. The summed E-state index contributed by atoms with van der Waals surface area (Å²) in [6, 6.07) is 3.16. The fourth-order valence-corrected chi connectivity index (χ4v) is 1.48. The van der Waals surface area contributed by atoms with E-state index in [1.54, 1.807) is 0 Å². The molecule has 0 spiro atoms. The normalized spacial score (nSPS) is 10.5. The first-order valence-corrected chi connectivity index (χ1v) is 5.87. The highest BCUT2D eigenvalue weighted by Crippen LogP contribution is 2.19. The Kier molecular flexibility index (Phi) is 5.37. The van der Waals surface area contributed by atoms with Gasteiger partial charge < -0.3 is 10.6 Å². The van der Waals surface area contributed by atoms with Crippen molar-refractivity contribution in [2.75, 3.05) is 13.1 Å². The number of hydrogen-bond donors (Lipinski definition) is 2. The van der Waals surface area contributed by atoms with E-state index in [0.717, 1.165) is 18.2 Å². The van der Waals surface area contributed by atoms with Gasteiger partial charge in [-0.05, 0) is 12.1 Å². The molecule has 2 N–H and O–H groups in total. The lowest BCUT2D eigenvalue weighted by molar-refractivity contribution is -0.385. The molecule has 1 rings (SSSR count). The van der Waals surface area contributed by atoms with E-state index >= 15 is 0 Å². The van der Waals surface area contributed by atoms with Crippen molar-refractivity contribution < 1.29 is 14.1 Å². The molecule has 0 radical (unpaired) electrons. The average Bonchev–Trinajstić information content (AvgIpc) is 2.33. The number of benzene rings is 1. The summed E-state index contributed by atoms with van der Waals surface area (Å²) in [6.07, 6.45) is 0. The zero-order valence-corrected chi connectivity index (χ0v) is 10.8. The number of carbonyl (C=O) groups excluding carboxylic acids is 1. The zero-order valence-electron chi connectivity index (χ0n) is 10.8. The van der Waals surface area contributed by atoms with Crippen molar-refractivity contribution >= 4 is 11.6 Å². The molecule has 6 nitrogen and oxygen atoms in total. The summed E-state index contributed by atoms with van der Waals surface area (Å²) in [5, 5.41) is 16.4. The molecule has 0 unspecified atom stereocenters. The van der Waals surface area contributed by atoms with E-state index in [9.17, 15) is 19.3 Å². The maximum atomic E-state index is 12.9. The lowest BCUT2D eigenvalue weighted by Gasteiger charge is -2.09. The molecular formula is C12H16FN3O3. The van der Waals surface area contributed by atoms with Crippen LogP contribution in [-0.4, -0.2) is 30.0 Å². The smallest absolute Gasteiger partial charge is 0.285 e. The van der Waals surface area contributed by atoms with Gasteiger partial charge in [-0.3, -0.25) is 14.9 Å². The molecule has 1 amide bonds. The zero-order chi connectivity index (χ0) is 14.4. The van der Waals surface area contributed by atoms with Crippen LogP contribution in [-0.2, 0) is 0 Å². The SMILES string of the molecule is CC(C)NCCNC(=O)c1ccc(F)cc1[N+](=O)[O-]. The monoisotopic (exact) mass is 269 g/mol. The van der Waals surface area contributed by atoms with Crippen molar-refractivity contribution in [2.24, 2.45) is 0 Å². The molecule has 19 heavy (non-hydrogen) atoms. The van der Waals surface area contributed by atoms with Gasteiger partial charge in [0, 0.05) is 19.1 Å². The minimum Gasteiger partial charge on any atom is -0.351 e. The molecule has 0 fully saturated rings. The third-order valence-electron chi connectivity index (χ3n) is 2.36. The van der Waals surface area contributed by atoms with Gasteiger partial charge in [0.2, 0.25) is 0 Å². The lowest BCUT2D eigenvalue weighted by atomic mass is 10.1. The predicted octanol–water partition coefficient (Wildman–Crippen LogP) is 1.46. The number of nitrogens with one attached hydrogen (secondary N) is 2. The summed E-state index contributed by atoms with van der Waals surface area (Å²) >= 11 is 0. The molecule has 0 saturated heterocycles. The van der Waals surface area contributed by atoms with Crippen molar-refractivity contribution in [3.63, 3.8) is 0 Å². The highest BCUT2D eigenvalue weighted by Gasteiger charge is 2.20. The van der Waals surface area contributed by atoms with Crippen molar-refractivity contribution in [2.45, 2.75) is 19.9 Å². The fraction of sp³-hybridized carbons (Fsp3) is 0.417. The van der Waals surface area contributed by atoms with E-state index in [4.69, 9.17) is 0 Å². The summed E-state index contributed by atoms with van der Waals surface area (Å²) < 4.78 is 12.9. The third-order valence-corrected chi connectivity index (χ3v) is 2.36. The van der Waals surface area contributed by atoms with E-state index < -0.39 is 22.3 Å². The number of nitro groups is 1. The number of hydrogen-bond acceptors (Lipinski definition) is 4. The Bertz CT molecular complexity index is 477. The van der Waals surface area contributed by atoms with Crippen LogP contribution in [0.1, 0.15) is 24.2 Å². The summed E-state index contributed by atoms with van der Waals surface area (Å²) in [7, 11) is 0. The first kappa shape index (κ1) is 15.0. The van der Waals surface area contributed by atoms with Gasteiger partial charge >= 0.3 is 0 Å². The van der Waals surface area contributed by atoms with Crippen LogP contribution in [0.3, 0.4) is 0 Å². The first-order valence-electron chi connectivity index (χ1n) is 5.87. The van der Waals surface area contributed by atoms with Gasteiger partial charge in [-0.25, -0.2) is 4.39 Å². The van der Waals surface area contributed by atoms with Crippen LogP contribution in [0.5, 0.6) is 0 Å². The van der Waals surface area contributed by atoms with Crippen LogP contribution < -0.4 is 10.6 Å².